The maximum atomic E-state index is 12.8. The van der Waals surface area contributed by atoms with E-state index in [1.165, 1.54) is 5.56 Å². The molecule has 1 fully saturated rings. The molecule has 6 nitrogen and oxygen atoms in total. The minimum atomic E-state index is -0.335. The Kier molecular flexibility index (Phi) is 6.61. The first kappa shape index (κ1) is 22.1. The van der Waals surface area contributed by atoms with Crippen LogP contribution in [0.2, 0.25) is 0 Å². The lowest BCUT2D eigenvalue weighted by Gasteiger charge is -2.34. The number of benzene rings is 2. The molecule has 1 amide bonds. The molecule has 1 aromatic heterocycles. The minimum absolute atomic E-state index is 0.0944. The van der Waals surface area contributed by atoms with Crippen molar-refractivity contribution in [1.82, 2.24) is 9.80 Å². The lowest BCUT2D eigenvalue weighted by molar-refractivity contribution is -0.133. The molecule has 0 N–H and O–H groups in total. The second-order valence-electron chi connectivity index (χ2n) is 8.50. The van der Waals surface area contributed by atoms with Crippen molar-refractivity contribution in [2.45, 2.75) is 33.2 Å². The number of fused-ring (bicyclic) bond motifs is 1. The normalized spacial score (nSPS) is 14.7. The second-order valence-corrected chi connectivity index (χ2v) is 8.50. The molecule has 32 heavy (non-hydrogen) atoms. The average molecular weight is 435 g/mol. The van der Waals surface area contributed by atoms with E-state index in [0.717, 1.165) is 41.9 Å². The second kappa shape index (κ2) is 9.57. The third kappa shape index (κ3) is 4.86. The van der Waals surface area contributed by atoms with Gasteiger partial charge in [0.05, 0.1) is 7.11 Å². The van der Waals surface area contributed by atoms with Crippen LogP contribution >= 0.6 is 0 Å². The Hall–Kier alpha value is -3.12. The molecule has 0 aliphatic carbocycles. The molecule has 0 radical (unpaired) electrons. The number of piperazine rings is 1. The van der Waals surface area contributed by atoms with Crippen LogP contribution in [0.15, 0.2) is 51.7 Å². The van der Waals surface area contributed by atoms with E-state index in [9.17, 15) is 9.59 Å². The first-order valence-electron chi connectivity index (χ1n) is 11.1. The van der Waals surface area contributed by atoms with Gasteiger partial charge in [-0.25, -0.2) is 4.79 Å². The third-order valence-corrected chi connectivity index (χ3v) is 6.32. The highest BCUT2D eigenvalue weighted by atomic mass is 16.5. The summed E-state index contributed by atoms with van der Waals surface area (Å²) in [6, 6.07) is 14.0. The molecular weight excluding hydrogens is 404 g/mol. The zero-order chi connectivity index (χ0) is 22.7. The van der Waals surface area contributed by atoms with Gasteiger partial charge in [0.25, 0.3) is 0 Å². The molecule has 6 heteroatoms. The van der Waals surface area contributed by atoms with Crippen molar-refractivity contribution in [1.29, 1.82) is 0 Å². The van der Waals surface area contributed by atoms with Crippen molar-refractivity contribution in [3.8, 4) is 5.75 Å². The molecule has 0 spiro atoms. The summed E-state index contributed by atoms with van der Waals surface area (Å²) in [5, 5.41) is 0.935. The highest BCUT2D eigenvalue weighted by Crippen LogP contribution is 2.22. The van der Waals surface area contributed by atoms with E-state index in [1.54, 1.807) is 7.11 Å². The largest absolute Gasteiger partial charge is 0.497 e. The zero-order valence-electron chi connectivity index (χ0n) is 19.0. The van der Waals surface area contributed by atoms with E-state index in [0.29, 0.717) is 37.1 Å². The average Bonchev–Trinajstić information content (AvgIpc) is 2.79. The van der Waals surface area contributed by atoms with Crippen LogP contribution in [0.1, 0.15) is 28.7 Å². The molecule has 1 aliphatic rings. The molecular formula is C26H30N2O4. The van der Waals surface area contributed by atoms with Crippen LogP contribution in [0.25, 0.3) is 11.0 Å². The summed E-state index contributed by atoms with van der Waals surface area (Å²) in [5.74, 6) is 0.951. The maximum Gasteiger partial charge on any atom is 0.339 e. The van der Waals surface area contributed by atoms with E-state index < -0.39 is 0 Å². The Morgan fingerprint density at radius 2 is 1.75 bits per heavy atom. The van der Waals surface area contributed by atoms with Gasteiger partial charge < -0.3 is 14.1 Å². The molecule has 4 rings (SSSR count). The summed E-state index contributed by atoms with van der Waals surface area (Å²) < 4.78 is 10.7. The summed E-state index contributed by atoms with van der Waals surface area (Å²) in [7, 11) is 1.67. The van der Waals surface area contributed by atoms with Crippen molar-refractivity contribution in [3.05, 3.63) is 75.1 Å². The van der Waals surface area contributed by atoms with Gasteiger partial charge >= 0.3 is 5.63 Å². The molecule has 0 unspecified atom stereocenters. The number of hydrogen-bond donors (Lipinski definition) is 0. The summed E-state index contributed by atoms with van der Waals surface area (Å²) >= 11 is 0. The van der Waals surface area contributed by atoms with Gasteiger partial charge in [0.2, 0.25) is 5.91 Å². The number of carbonyl (C=O) groups excluding carboxylic acids is 1. The highest BCUT2D eigenvalue weighted by Gasteiger charge is 2.22. The molecule has 3 aromatic rings. The fourth-order valence-electron chi connectivity index (χ4n) is 4.33. The van der Waals surface area contributed by atoms with Crippen molar-refractivity contribution in [3.63, 3.8) is 0 Å². The predicted octanol–water partition coefficient (Wildman–Crippen LogP) is 3.70. The quantitative estimate of drug-likeness (QED) is 0.554. The summed E-state index contributed by atoms with van der Waals surface area (Å²) in [4.78, 5) is 29.6. The molecule has 168 valence electrons. The summed E-state index contributed by atoms with van der Waals surface area (Å²) in [6.07, 6.45) is 0.727. The van der Waals surface area contributed by atoms with Gasteiger partial charge in [-0.2, -0.15) is 0 Å². The van der Waals surface area contributed by atoms with Gasteiger partial charge in [-0.05, 0) is 55.2 Å². The van der Waals surface area contributed by atoms with Gasteiger partial charge in [-0.1, -0.05) is 24.3 Å². The lowest BCUT2D eigenvalue weighted by atomic mass is 10.0. The molecule has 1 aliphatic heterocycles. The van der Waals surface area contributed by atoms with Crippen molar-refractivity contribution in [2.24, 2.45) is 0 Å². The Balaban J connectivity index is 1.32. The first-order chi connectivity index (χ1) is 15.4. The van der Waals surface area contributed by atoms with E-state index >= 15 is 0 Å². The number of hydrogen-bond acceptors (Lipinski definition) is 5. The minimum Gasteiger partial charge on any atom is -0.497 e. The number of nitrogens with zero attached hydrogens (tertiary/aromatic N) is 2. The number of ether oxygens (including phenoxy) is 1. The van der Waals surface area contributed by atoms with E-state index in [2.05, 4.69) is 17.0 Å². The monoisotopic (exact) mass is 434 g/mol. The number of amides is 1. The van der Waals surface area contributed by atoms with Crippen LogP contribution in [-0.2, 0) is 17.8 Å². The predicted molar refractivity (Wildman–Crippen MR) is 125 cm³/mol. The van der Waals surface area contributed by atoms with Gasteiger partial charge in [-0.15, -0.1) is 0 Å². The maximum absolute atomic E-state index is 12.8. The summed E-state index contributed by atoms with van der Waals surface area (Å²) in [6.45, 7) is 7.87. The first-order valence-corrected chi connectivity index (χ1v) is 11.1. The van der Waals surface area contributed by atoms with E-state index in [1.807, 2.05) is 49.1 Å². The Morgan fingerprint density at radius 3 is 2.44 bits per heavy atom. The Bertz CT molecular complexity index is 1160. The number of rotatable bonds is 6. The smallest absolute Gasteiger partial charge is 0.339 e. The Morgan fingerprint density at radius 1 is 1.03 bits per heavy atom. The van der Waals surface area contributed by atoms with E-state index in [-0.39, 0.29) is 11.5 Å². The third-order valence-electron chi connectivity index (χ3n) is 6.32. The van der Waals surface area contributed by atoms with Gasteiger partial charge in [-0.3, -0.25) is 9.69 Å². The van der Waals surface area contributed by atoms with Gasteiger partial charge in [0, 0.05) is 50.1 Å². The van der Waals surface area contributed by atoms with Crippen LogP contribution in [0.3, 0.4) is 0 Å². The molecule has 0 saturated carbocycles. The SMILES string of the molecule is COc1ccc(CN2CCN(C(=O)CCc3c(C)c4ccc(C)cc4oc3=O)CC2)cc1. The molecule has 0 bridgehead atoms. The highest BCUT2D eigenvalue weighted by molar-refractivity contribution is 5.82. The van der Waals surface area contributed by atoms with Crippen LogP contribution in [0.4, 0.5) is 0 Å². The Labute approximate surface area is 188 Å². The number of carbonyl (C=O) groups is 1. The topological polar surface area (TPSA) is 63.0 Å². The van der Waals surface area contributed by atoms with Crippen molar-refractivity contribution >= 4 is 16.9 Å². The summed E-state index contributed by atoms with van der Waals surface area (Å²) in [5.41, 5.74) is 4.07. The van der Waals surface area contributed by atoms with Crippen LogP contribution < -0.4 is 10.4 Å². The number of aryl methyl sites for hydroxylation is 2. The fraction of sp³-hybridized carbons (Fsp3) is 0.385. The lowest BCUT2D eigenvalue weighted by Crippen LogP contribution is -2.48. The van der Waals surface area contributed by atoms with Crippen LogP contribution in [0, 0.1) is 13.8 Å². The zero-order valence-corrected chi connectivity index (χ0v) is 19.0. The molecule has 2 aromatic carbocycles. The van der Waals surface area contributed by atoms with Crippen molar-refractivity contribution < 1.29 is 13.9 Å². The standard InChI is InChI=1S/C26H30N2O4/c1-18-4-9-22-19(2)23(26(30)32-24(22)16-18)10-11-25(29)28-14-12-27(13-15-28)17-20-5-7-21(31-3)8-6-20/h4-9,16H,10-15,17H2,1-3H3. The molecule has 2 heterocycles. The van der Waals surface area contributed by atoms with Crippen molar-refractivity contribution in [2.75, 3.05) is 33.3 Å². The van der Waals surface area contributed by atoms with Crippen LogP contribution in [-0.4, -0.2) is 49.0 Å². The fourth-order valence-corrected chi connectivity index (χ4v) is 4.33. The molecule has 1 saturated heterocycles. The van der Waals surface area contributed by atoms with Gasteiger partial charge in [0.1, 0.15) is 11.3 Å². The molecule has 0 atom stereocenters. The van der Waals surface area contributed by atoms with E-state index in [4.69, 9.17) is 9.15 Å². The van der Waals surface area contributed by atoms with Gasteiger partial charge in [0.15, 0.2) is 0 Å². The number of methoxy groups -OCH3 is 1. The van der Waals surface area contributed by atoms with Crippen LogP contribution in [0.5, 0.6) is 5.75 Å².